The van der Waals surface area contributed by atoms with Gasteiger partial charge in [0.1, 0.15) is 0 Å². The number of ether oxygens (including phenoxy) is 1. The van der Waals surface area contributed by atoms with Crippen molar-refractivity contribution in [2.45, 2.75) is 19.4 Å². The van der Waals surface area contributed by atoms with Crippen LogP contribution >= 0.6 is 0 Å². The second kappa shape index (κ2) is 6.13. The van der Waals surface area contributed by atoms with Crippen molar-refractivity contribution in [1.29, 1.82) is 0 Å². The number of hydrogen-bond donors (Lipinski definition) is 1. The summed E-state index contributed by atoms with van der Waals surface area (Å²) in [6.07, 6.45) is 6.57. The van der Waals surface area contributed by atoms with Crippen LogP contribution in [0.3, 0.4) is 0 Å². The van der Waals surface area contributed by atoms with E-state index >= 15 is 0 Å². The summed E-state index contributed by atoms with van der Waals surface area (Å²) in [4.78, 5) is 4.29. The summed E-state index contributed by atoms with van der Waals surface area (Å²) in [6.45, 7) is 3.49. The Morgan fingerprint density at radius 2 is 2.11 bits per heavy atom. The lowest BCUT2D eigenvalue weighted by molar-refractivity contribution is 0.126. The smallest absolute Gasteiger partial charge is 0.0591 e. The van der Waals surface area contributed by atoms with Crippen molar-refractivity contribution in [3.8, 4) is 0 Å². The Balaban J connectivity index is 1.47. The predicted molar refractivity (Wildman–Crippen MR) is 77.0 cm³/mol. The van der Waals surface area contributed by atoms with Crippen LogP contribution in [0.25, 0.3) is 10.8 Å². The molecule has 100 valence electrons. The van der Waals surface area contributed by atoms with E-state index in [0.717, 1.165) is 32.2 Å². The zero-order valence-corrected chi connectivity index (χ0v) is 11.1. The van der Waals surface area contributed by atoms with Crippen LogP contribution in [-0.2, 0) is 11.3 Å². The average molecular weight is 256 g/mol. The number of aromatic nitrogens is 1. The van der Waals surface area contributed by atoms with Crippen LogP contribution < -0.4 is 5.32 Å². The van der Waals surface area contributed by atoms with E-state index < -0.39 is 0 Å². The molecule has 0 amide bonds. The average Bonchev–Trinajstić information content (AvgIpc) is 3.27. The first-order chi connectivity index (χ1) is 9.43. The monoisotopic (exact) mass is 256 g/mol. The summed E-state index contributed by atoms with van der Waals surface area (Å²) in [7, 11) is 0. The summed E-state index contributed by atoms with van der Waals surface area (Å²) in [5.74, 6) is 0.849. The molecule has 0 radical (unpaired) electrons. The Kier molecular flexibility index (Phi) is 4.06. The van der Waals surface area contributed by atoms with Crippen LogP contribution in [0, 0.1) is 5.92 Å². The van der Waals surface area contributed by atoms with Gasteiger partial charge in [-0.2, -0.15) is 0 Å². The summed E-state index contributed by atoms with van der Waals surface area (Å²) >= 11 is 0. The standard InChI is InChI=1S/C16H20N2O/c1-2-4-16-14(3-1)9-18-11-15(16)10-17-7-8-19-12-13-5-6-13/h1-4,9,11,13,17H,5-8,10,12H2. The van der Waals surface area contributed by atoms with E-state index in [9.17, 15) is 0 Å². The Morgan fingerprint density at radius 1 is 1.21 bits per heavy atom. The van der Waals surface area contributed by atoms with Gasteiger partial charge in [0.25, 0.3) is 0 Å². The molecule has 0 unspecified atom stereocenters. The summed E-state index contributed by atoms with van der Waals surface area (Å²) in [5.41, 5.74) is 1.25. The van der Waals surface area contributed by atoms with E-state index in [4.69, 9.17) is 4.74 Å². The minimum Gasteiger partial charge on any atom is -0.380 e. The van der Waals surface area contributed by atoms with Gasteiger partial charge in [0, 0.05) is 37.5 Å². The molecule has 1 heterocycles. The number of fused-ring (bicyclic) bond motifs is 1. The van der Waals surface area contributed by atoms with E-state index in [2.05, 4.69) is 28.5 Å². The fourth-order valence-corrected chi connectivity index (χ4v) is 2.22. The van der Waals surface area contributed by atoms with Gasteiger partial charge in [-0.15, -0.1) is 0 Å². The quantitative estimate of drug-likeness (QED) is 0.773. The van der Waals surface area contributed by atoms with Gasteiger partial charge in [-0.3, -0.25) is 4.98 Å². The molecular formula is C16H20N2O. The van der Waals surface area contributed by atoms with Gasteiger partial charge in [0.15, 0.2) is 0 Å². The zero-order chi connectivity index (χ0) is 12.9. The third-order valence-electron chi connectivity index (χ3n) is 3.54. The highest BCUT2D eigenvalue weighted by Crippen LogP contribution is 2.28. The third-order valence-corrected chi connectivity index (χ3v) is 3.54. The number of rotatable bonds is 7. The minimum atomic E-state index is 0.800. The number of hydrogen-bond acceptors (Lipinski definition) is 3. The van der Waals surface area contributed by atoms with Crippen LogP contribution in [0.15, 0.2) is 36.7 Å². The predicted octanol–water partition coefficient (Wildman–Crippen LogP) is 2.75. The lowest BCUT2D eigenvalue weighted by atomic mass is 10.1. The largest absolute Gasteiger partial charge is 0.380 e. The molecule has 2 aromatic rings. The number of nitrogens with zero attached hydrogens (tertiary/aromatic N) is 1. The van der Waals surface area contributed by atoms with Crippen LogP contribution in [0.1, 0.15) is 18.4 Å². The highest BCUT2D eigenvalue weighted by Gasteiger charge is 2.20. The fraction of sp³-hybridized carbons (Fsp3) is 0.438. The first-order valence-electron chi connectivity index (χ1n) is 7.03. The highest BCUT2D eigenvalue weighted by molar-refractivity contribution is 5.84. The fourth-order valence-electron chi connectivity index (χ4n) is 2.22. The van der Waals surface area contributed by atoms with Crippen LogP contribution in [0.4, 0.5) is 0 Å². The molecule has 3 rings (SSSR count). The van der Waals surface area contributed by atoms with Gasteiger partial charge in [-0.25, -0.2) is 0 Å². The molecule has 1 aliphatic rings. The molecule has 1 N–H and O–H groups in total. The van der Waals surface area contributed by atoms with E-state index in [1.54, 1.807) is 0 Å². The maximum absolute atomic E-state index is 5.60. The van der Waals surface area contributed by atoms with Gasteiger partial charge in [0.2, 0.25) is 0 Å². The lowest BCUT2D eigenvalue weighted by Crippen LogP contribution is -2.20. The maximum atomic E-state index is 5.60. The molecule has 1 fully saturated rings. The third kappa shape index (κ3) is 3.52. The lowest BCUT2D eigenvalue weighted by Gasteiger charge is -2.08. The van der Waals surface area contributed by atoms with Crippen molar-refractivity contribution in [3.05, 3.63) is 42.2 Å². The number of pyridine rings is 1. The molecule has 1 saturated carbocycles. The van der Waals surface area contributed by atoms with Gasteiger partial charge in [0.05, 0.1) is 6.61 Å². The Bertz CT molecular complexity index is 532. The Hall–Kier alpha value is -1.45. The first kappa shape index (κ1) is 12.6. The van der Waals surface area contributed by atoms with Gasteiger partial charge >= 0.3 is 0 Å². The van der Waals surface area contributed by atoms with Crippen molar-refractivity contribution < 1.29 is 4.74 Å². The van der Waals surface area contributed by atoms with E-state index in [1.807, 2.05) is 18.5 Å². The zero-order valence-electron chi connectivity index (χ0n) is 11.1. The molecule has 3 heteroatoms. The van der Waals surface area contributed by atoms with Crippen molar-refractivity contribution in [3.63, 3.8) is 0 Å². The molecule has 0 atom stereocenters. The van der Waals surface area contributed by atoms with Gasteiger partial charge in [-0.1, -0.05) is 24.3 Å². The number of nitrogens with one attached hydrogen (secondary N) is 1. The molecule has 0 spiro atoms. The minimum absolute atomic E-state index is 0.800. The highest BCUT2D eigenvalue weighted by atomic mass is 16.5. The molecule has 0 saturated heterocycles. The van der Waals surface area contributed by atoms with E-state index in [0.29, 0.717) is 0 Å². The van der Waals surface area contributed by atoms with Crippen molar-refractivity contribution >= 4 is 10.8 Å². The number of benzene rings is 1. The summed E-state index contributed by atoms with van der Waals surface area (Å²) in [5, 5.41) is 5.91. The maximum Gasteiger partial charge on any atom is 0.0591 e. The van der Waals surface area contributed by atoms with Crippen molar-refractivity contribution in [1.82, 2.24) is 10.3 Å². The van der Waals surface area contributed by atoms with Gasteiger partial charge in [-0.05, 0) is 29.7 Å². The Morgan fingerprint density at radius 3 is 3.00 bits per heavy atom. The topological polar surface area (TPSA) is 34.1 Å². The van der Waals surface area contributed by atoms with Gasteiger partial charge < -0.3 is 10.1 Å². The van der Waals surface area contributed by atoms with Crippen molar-refractivity contribution in [2.24, 2.45) is 5.92 Å². The SMILES string of the molecule is c1ccc2c(CNCCOCC3CC3)cncc2c1. The molecule has 0 aliphatic heterocycles. The molecule has 1 aromatic heterocycles. The molecule has 0 bridgehead atoms. The molecule has 3 nitrogen and oxygen atoms in total. The van der Waals surface area contributed by atoms with E-state index in [1.165, 1.54) is 29.2 Å². The van der Waals surface area contributed by atoms with Crippen LogP contribution in [-0.4, -0.2) is 24.7 Å². The molecule has 19 heavy (non-hydrogen) atoms. The normalized spacial score (nSPS) is 14.9. The first-order valence-corrected chi connectivity index (χ1v) is 7.03. The van der Waals surface area contributed by atoms with Crippen LogP contribution in [0.2, 0.25) is 0 Å². The second-order valence-electron chi connectivity index (χ2n) is 5.21. The summed E-state index contributed by atoms with van der Waals surface area (Å²) in [6, 6.07) is 8.37. The van der Waals surface area contributed by atoms with E-state index in [-0.39, 0.29) is 0 Å². The molecule has 1 aromatic carbocycles. The Labute approximate surface area is 114 Å². The van der Waals surface area contributed by atoms with Crippen LogP contribution in [0.5, 0.6) is 0 Å². The molecule has 1 aliphatic carbocycles. The second-order valence-corrected chi connectivity index (χ2v) is 5.21. The summed E-state index contributed by atoms with van der Waals surface area (Å²) < 4.78 is 5.60. The molecular weight excluding hydrogens is 236 g/mol. The van der Waals surface area contributed by atoms with Crippen molar-refractivity contribution in [2.75, 3.05) is 19.8 Å².